The van der Waals surface area contributed by atoms with Gasteiger partial charge in [-0.15, -0.1) is 0 Å². The molecule has 2 aromatic carbocycles. The number of hydrazine groups is 1. The summed E-state index contributed by atoms with van der Waals surface area (Å²) in [6.07, 6.45) is -0.164. The van der Waals surface area contributed by atoms with Gasteiger partial charge in [-0.25, -0.2) is 0 Å². The number of ether oxygens (including phenoxy) is 2. The third-order valence-corrected chi connectivity index (χ3v) is 4.27. The summed E-state index contributed by atoms with van der Waals surface area (Å²) in [5, 5.41) is 2.99. The molecule has 0 saturated heterocycles. The lowest BCUT2D eigenvalue weighted by atomic mass is 10.0. The predicted octanol–water partition coefficient (Wildman–Crippen LogP) is 1.92. The molecule has 0 radical (unpaired) electrons. The van der Waals surface area contributed by atoms with Gasteiger partial charge >= 0.3 is 5.97 Å². The highest BCUT2D eigenvalue weighted by atomic mass is 35.5. The molecule has 1 atom stereocenters. The zero-order valence-corrected chi connectivity index (χ0v) is 17.7. The maximum absolute atomic E-state index is 12.2. The maximum Gasteiger partial charge on any atom is 0.308 e. The molecule has 164 valence electrons. The van der Waals surface area contributed by atoms with E-state index in [1.807, 2.05) is 6.07 Å². The van der Waals surface area contributed by atoms with Crippen molar-refractivity contribution in [2.75, 3.05) is 13.7 Å². The molecule has 0 fully saturated rings. The minimum absolute atomic E-state index is 0.119. The number of hydrogen-bond donors (Lipinski definition) is 3. The van der Waals surface area contributed by atoms with Gasteiger partial charge in [-0.05, 0) is 23.8 Å². The topological polar surface area (TPSA) is 123 Å². The molecule has 3 amide bonds. The van der Waals surface area contributed by atoms with Crippen LogP contribution in [0.15, 0.2) is 48.5 Å². The molecule has 0 bridgehead atoms. The number of hydrogen-bond acceptors (Lipinski definition) is 6. The minimum Gasteiger partial charge on any atom is -0.496 e. The molecule has 0 unspecified atom stereocenters. The molecule has 31 heavy (non-hydrogen) atoms. The molecule has 0 aliphatic heterocycles. The zero-order valence-electron chi connectivity index (χ0n) is 16.9. The van der Waals surface area contributed by atoms with Crippen LogP contribution in [0.2, 0.25) is 5.02 Å². The lowest BCUT2D eigenvalue weighted by molar-refractivity contribution is -0.149. The molecule has 2 rings (SSSR count). The number of carbonyl (C=O) groups is 4. The molecule has 0 heterocycles. The third-order valence-electron chi connectivity index (χ3n) is 4.04. The predicted molar refractivity (Wildman–Crippen MR) is 112 cm³/mol. The molecule has 0 aliphatic carbocycles. The molecule has 0 spiro atoms. The number of benzene rings is 2. The summed E-state index contributed by atoms with van der Waals surface area (Å²) in [6.45, 7) is 0.722. The van der Waals surface area contributed by atoms with Gasteiger partial charge in [0.15, 0.2) is 6.61 Å². The minimum atomic E-state index is -0.751. The Labute approximate surface area is 184 Å². The van der Waals surface area contributed by atoms with E-state index in [0.717, 1.165) is 5.56 Å². The number of nitrogens with one attached hydrogen (secondary N) is 3. The van der Waals surface area contributed by atoms with Gasteiger partial charge in [0.25, 0.3) is 11.8 Å². The first kappa shape index (κ1) is 23.7. The Morgan fingerprint density at radius 3 is 2.39 bits per heavy atom. The van der Waals surface area contributed by atoms with Crippen LogP contribution < -0.4 is 20.9 Å². The van der Waals surface area contributed by atoms with Crippen molar-refractivity contribution < 1.29 is 28.7 Å². The van der Waals surface area contributed by atoms with Crippen LogP contribution in [0.25, 0.3) is 0 Å². The highest BCUT2D eigenvalue weighted by Crippen LogP contribution is 2.22. The average Bonchev–Trinajstić information content (AvgIpc) is 2.75. The van der Waals surface area contributed by atoms with Crippen molar-refractivity contribution in [1.82, 2.24) is 16.2 Å². The van der Waals surface area contributed by atoms with E-state index in [4.69, 9.17) is 21.1 Å². The second-order valence-corrected chi connectivity index (χ2v) is 6.81. The zero-order chi connectivity index (χ0) is 22.8. The van der Waals surface area contributed by atoms with Crippen LogP contribution >= 0.6 is 11.6 Å². The quantitative estimate of drug-likeness (QED) is 0.419. The van der Waals surface area contributed by atoms with Crippen molar-refractivity contribution in [1.29, 1.82) is 0 Å². The van der Waals surface area contributed by atoms with Gasteiger partial charge in [-0.3, -0.25) is 30.0 Å². The summed E-state index contributed by atoms with van der Waals surface area (Å²) in [4.78, 5) is 47.7. The van der Waals surface area contributed by atoms with E-state index in [-0.39, 0.29) is 23.6 Å². The normalized spacial score (nSPS) is 11.1. The Morgan fingerprint density at radius 2 is 1.74 bits per heavy atom. The van der Waals surface area contributed by atoms with Crippen molar-refractivity contribution >= 4 is 35.3 Å². The number of carbonyl (C=O) groups excluding carboxylic acids is 4. The maximum atomic E-state index is 12.2. The fourth-order valence-corrected chi connectivity index (χ4v) is 2.81. The third kappa shape index (κ3) is 7.63. The first-order valence-electron chi connectivity index (χ1n) is 9.20. The first-order chi connectivity index (χ1) is 14.8. The smallest absolute Gasteiger partial charge is 0.308 e. The number of esters is 1. The SMILES string of the molecule is COc1ccc(Cl)cc1C(=O)NNC(=O)COC(=O)C[C@H](NC(C)=O)c1ccccc1. The van der Waals surface area contributed by atoms with E-state index in [1.165, 1.54) is 26.2 Å². The molecule has 0 aromatic heterocycles. The molecule has 0 saturated carbocycles. The number of amides is 3. The Kier molecular flexibility index (Phi) is 8.83. The molecule has 2 aromatic rings. The fourth-order valence-electron chi connectivity index (χ4n) is 2.64. The molecular weight excluding hydrogens is 426 g/mol. The van der Waals surface area contributed by atoms with Gasteiger partial charge in [0.1, 0.15) is 5.75 Å². The lowest BCUT2D eigenvalue weighted by Crippen LogP contribution is -2.43. The summed E-state index contributed by atoms with van der Waals surface area (Å²) < 4.78 is 10.0. The van der Waals surface area contributed by atoms with Crippen LogP contribution in [0.3, 0.4) is 0 Å². The van der Waals surface area contributed by atoms with Crippen LogP contribution in [0.1, 0.15) is 35.3 Å². The van der Waals surface area contributed by atoms with Crippen molar-refractivity contribution in [3.8, 4) is 5.75 Å². The first-order valence-corrected chi connectivity index (χ1v) is 9.58. The van der Waals surface area contributed by atoms with Gasteiger partial charge in [0, 0.05) is 11.9 Å². The van der Waals surface area contributed by atoms with Gasteiger partial charge in [-0.1, -0.05) is 41.9 Å². The Balaban J connectivity index is 1.85. The van der Waals surface area contributed by atoms with Crippen molar-refractivity contribution in [3.05, 3.63) is 64.7 Å². The Morgan fingerprint density at radius 1 is 1.03 bits per heavy atom. The highest BCUT2D eigenvalue weighted by Gasteiger charge is 2.19. The van der Waals surface area contributed by atoms with E-state index in [1.54, 1.807) is 30.3 Å². The summed E-state index contributed by atoms with van der Waals surface area (Å²) in [5.41, 5.74) is 5.17. The van der Waals surface area contributed by atoms with E-state index < -0.39 is 30.4 Å². The Hall–Kier alpha value is -3.59. The van der Waals surface area contributed by atoms with Crippen LogP contribution in [0.4, 0.5) is 0 Å². The van der Waals surface area contributed by atoms with E-state index in [0.29, 0.717) is 5.02 Å². The molecule has 9 nitrogen and oxygen atoms in total. The monoisotopic (exact) mass is 447 g/mol. The van der Waals surface area contributed by atoms with Crippen LogP contribution in [-0.4, -0.2) is 37.4 Å². The molecule has 3 N–H and O–H groups in total. The van der Waals surface area contributed by atoms with E-state index in [9.17, 15) is 19.2 Å². The summed E-state index contributed by atoms with van der Waals surface area (Å²) in [7, 11) is 1.39. The average molecular weight is 448 g/mol. The summed E-state index contributed by atoms with van der Waals surface area (Å²) in [5.74, 6) is -2.14. The second-order valence-electron chi connectivity index (χ2n) is 6.38. The van der Waals surface area contributed by atoms with Crippen LogP contribution in [0, 0.1) is 0 Å². The number of halogens is 1. The Bertz CT molecular complexity index is 951. The van der Waals surface area contributed by atoms with Crippen molar-refractivity contribution in [2.24, 2.45) is 0 Å². The molecular formula is C21H22ClN3O6. The number of rotatable bonds is 8. The van der Waals surface area contributed by atoms with Crippen molar-refractivity contribution in [3.63, 3.8) is 0 Å². The summed E-state index contributed by atoms with van der Waals surface area (Å²) >= 11 is 5.88. The van der Waals surface area contributed by atoms with Gasteiger partial charge in [0.05, 0.1) is 25.1 Å². The van der Waals surface area contributed by atoms with E-state index in [2.05, 4.69) is 16.2 Å². The standard InChI is InChI=1S/C21H22ClN3O6/c1-13(26)23-17(14-6-4-3-5-7-14)11-20(28)31-12-19(27)24-25-21(29)16-10-15(22)8-9-18(16)30-2/h3-10,17H,11-12H2,1-2H3,(H,23,26)(H,24,27)(H,25,29)/t17-/m0/s1. The van der Waals surface area contributed by atoms with Crippen molar-refractivity contribution in [2.45, 2.75) is 19.4 Å². The van der Waals surface area contributed by atoms with Crippen LogP contribution in [0.5, 0.6) is 5.75 Å². The van der Waals surface area contributed by atoms with Gasteiger partial charge in [0.2, 0.25) is 5.91 Å². The fraction of sp³-hybridized carbons (Fsp3) is 0.238. The van der Waals surface area contributed by atoms with Gasteiger partial charge in [-0.2, -0.15) is 0 Å². The number of methoxy groups -OCH3 is 1. The molecule has 0 aliphatic rings. The summed E-state index contributed by atoms with van der Waals surface area (Å²) in [6, 6.07) is 12.8. The molecule has 10 heteroatoms. The largest absolute Gasteiger partial charge is 0.496 e. The van der Waals surface area contributed by atoms with Crippen LogP contribution in [-0.2, 0) is 19.1 Å². The van der Waals surface area contributed by atoms with Gasteiger partial charge < -0.3 is 14.8 Å². The lowest BCUT2D eigenvalue weighted by Gasteiger charge is -2.17. The highest BCUT2D eigenvalue weighted by molar-refractivity contribution is 6.31. The van der Waals surface area contributed by atoms with E-state index >= 15 is 0 Å². The second kappa shape index (κ2) is 11.6.